The van der Waals surface area contributed by atoms with E-state index in [1.54, 1.807) is 11.3 Å². The molecule has 4 heteroatoms. The van der Waals surface area contributed by atoms with Crippen LogP contribution >= 0.6 is 43.2 Å². The van der Waals surface area contributed by atoms with Crippen LogP contribution in [0.4, 0.5) is 0 Å². The highest BCUT2D eigenvalue weighted by Crippen LogP contribution is 2.48. The van der Waals surface area contributed by atoms with Crippen LogP contribution in [0.1, 0.15) is 23.0 Å². The van der Waals surface area contributed by atoms with Crippen LogP contribution in [0.2, 0.25) is 0 Å². The average molecular weight is 312 g/mol. The molecule has 1 unspecified atom stereocenters. The molecule has 0 saturated carbocycles. The summed E-state index contributed by atoms with van der Waals surface area (Å²) in [6.07, 6.45) is 1.55. The van der Waals surface area contributed by atoms with Crippen molar-refractivity contribution in [2.24, 2.45) is 0 Å². The number of aliphatic hydroxyl groups excluding tert-OH is 1. The summed E-state index contributed by atoms with van der Waals surface area (Å²) >= 11 is 8.70. The van der Waals surface area contributed by atoms with Gasteiger partial charge in [-0.3, -0.25) is 0 Å². The number of hydrogen-bond donors (Lipinski definition) is 1. The zero-order chi connectivity index (χ0) is 8.77. The van der Waals surface area contributed by atoms with Crippen molar-refractivity contribution in [3.8, 4) is 0 Å². The highest BCUT2D eigenvalue weighted by molar-refractivity contribution is 9.25. The number of rotatable bonds is 0. The quantitative estimate of drug-likeness (QED) is 0.729. The Balaban J connectivity index is 2.42. The van der Waals surface area contributed by atoms with Crippen LogP contribution in [0.5, 0.6) is 0 Å². The van der Waals surface area contributed by atoms with E-state index in [1.165, 1.54) is 4.88 Å². The molecule has 1 heterocycles. The third kappa shape index (κ3) is 1.39. The summed E-state index contributed by atoms with van der Waals surface area (Å²) in [7, 11) is 0. The minimum atomic E-state index is -0.424. The van der Waals surface area contributed by atoms with Gasteiger partial charge in [-0.25, -0.2) is 0 Å². The van der Waals surface area contributed by atoms with Gasteiger partial charge in [-0.1, -0.05) is 31.9 Å². The molecule has 1 aromatic heterocycles. The second-order valence-corrected chi connectivity index (χ2v) is 7.86. The maximum absolute atomic E-state index is 9.89. The van der Waals surface area contributed by atoms with E-state index in [0.29, 0.717) is 0 Å². The van der Waals surface area contributed by atoms with Gasteiger partial charge in [0.15, 0.2) is 0 Å². The molecule has 1 aromatic rings. The number of alkyl halides is 2. The third-order valence-electron chi connectivity index (χ3n) is 2.16. The number of fused-ring (bicyclic) bond motifs is 1. The van der Waals surface area contributed by atoms with Gasteiger partial charge in [0.2, 0.25) is 0 Å². The van der Waals surface area contributed by atoms with Crippen LogP contribution in [0.3, 0.4) is 0 Å². The van der Waals surface area contributed by atoms with Gasteiger partial charge in [0.05, 0.1) is 0 Å². The molecule has 0 saturated heterocycles. The van der Waals surface area contributed by atoms with Gasteiger partial charge in [0.1, 0.15) is 9.34 Å². The van der Waals surface area contributed by atoms with E-state index in [0.717, 1.165) is 18.4 Å². The number of aryl methyl sites for hydroxylation is 1. The number of halogens is 2. The minimum absolute atomic E-state index is 0.311. The van der Waals surface area contributed by atoms with Crippen LogP contribution in [0.15, 0.2) is 11.4 Å². The Morgan fingerprint density at radius 1 is 1.58 bits per heavy atom. The van der Waals surface area contributed by atoms with Crippen LogP contribution in [-0.2, 0) is 6.42 Å². The van der Waals surface area contributed by atoms with E-state index in [2.05, 4.69) is 31.9 Å². The smallest absolute Gasteiger partial charge is 0.111 e. The summed E-state index contributed by atoms with van der Waals surface area (Å²) in [5, 5.41) is 11.9. The first-order valence-corrected chi connectivity index (χ1v) is 6.20. The minimum Gasteiger partial charge on any atom is -0.386 e. The van der Waals surface area contributed by atoms with Crippen molar-refractivity contribution in [1.82, 2.24) is 0 Å². The van der Waals surface area contributed by atoms with Crippen molar-refractivity contribution in [2.75, 3.05) is 0 Å². The van der Waals surface area contributed by atoms with Crippen LogP contribution in [0.25, 0.3) is 0 Å². The molecule has 1 aliphatic carbocycles. The zero-order valence-electron chi connectivity index (χ0n) is 6.26. The highest BCUT2D eigenvalue weighted by Gasteiger charge is 2.38. The lowest BCUT2D eigenvalue weighted by Gasteiger charge is -2.31. The van der Waals surface area contributed by atoms with E-state index in [1.807, 2.05) is 11.4 Å². The van der Waals surface area contributed by atoms with E-state index < -0.39 is 6.10 Å². The number of thiophene rings is 1. The first-order valence-electron chi connectivity index (χ1n) is 3.73. The number of aliphatic hydroxyl groups is 1. The van der Waals surface area contributed by atoms with E-state index >= 15 is 0 Å². The lowest BCUT2D eigenvalue weighted by molar-refractivity contribution is 0.157. The molecule has 0 bridgehead atoms. The molecular formula is C8H8Br2OS. The van der Waals surface area contributed by atoms with Gasteiger partial charge >= 0.3 is 0 Å². The first-order chi connectivity index (χ1) is 5.61. The lowest BCUT2D eigenvalue weighted by atomic mass is 9.96. The monoisotopic (exact) mass is 310 g/mol. The summed E-state index contributed by atoms with van der Waals surface area (Å²) in [5.74, 6) is 0. The number of hydrogen-bond acceptors (Lipinski definition) is 2. The van der Waals surface area contributed by atoms with Crippen LogP contribution in [-0.4, -0.2) is 8.34 Å². The topological polar surface area (TPSA) is 20.2 Å². The summed E-state index contributed by atoms with van der Waals surface area (Å²) in [5.41, 5.74) is 1.07. The van der Waals surface area contributed by atoms with Gasteiger partial charge < -0.3 is 5.11 Å². The normalized spacial score (nSPS) is 26.8. The fourth-order valence-electron chi connectivity index (χ4n) is 1.44. The molecule has 1 N–H and O–H groups in total. The maximum atomic E-state index is 9.89. The molecule has 0 radical (unpaired) electrons. The first kappa shape index (κ1) is 9.19. The van der Waals surface area contributed by atoms with Gasteiger partial charge in [-0.2, -0.15) is 0 Å². The second kappa shape index (κ2) is 3.08. The Hall–Kier alpha value is 0.620. The van der Waals surface area contributed by atoms with E-state index in [-0.39, 0.29) is 3.23 Å². The summed E-state index contributed by atoms with van der Waals surface area (Å²) < 4.78 is -0.311. The molecular weight excluding hydrogens is 304 g/mol. The van der Waals surface area contributed by atoms with E-state index in [4.69, 9.17) is 0 Å². The Morgan fingerprint density at radius 3 is 3.08 bits per heavy atom. The van der Waals surface area contributed by atoms with Crippen molar-refractivity contribution < 1.29 is 5.11 Å². The predicted molar refractivity (Wildman–Crippen MR) is 58.2 cm³/mol. The molecule has 0 aliphatic heterocycles. The maximum Gasteiger partial charge on any atom is 0.111 e. The molecule has 0 amide bonds. The third-order valence-corrected chi connectivity index (χ3v) is 4.82. The fraction of sp³-hybridized carbons (Fsp3) is 0.500. The Bertz CT molecular complexity index is 295. The van der Waals surface area contributed by atoms with Gasteiger partial charge in [-0.05, 0) is 29.9 Å². The van der Waals surface area contributed by atoms with Crippen molar-refractivity contribution in [1.29, 1.82) is 0 Å². The van der Waals surface area contributed by atoms with Crippen molar-refractivity contribution in [3.63, 3.8) is 0 Å². The van der Waals surface area contributed by atoms with Gasteiger partial charge in [0.25, 0.3) is 0 Å². The average Bonchev–Trinajstić information content (AvgIpc) is 2.45. The molecule has 2 rings (SSSR count). The Labute approximate surface area is 92.1 Å². The van der Waals surface area contributed by atoms with Gasteiger partial charge in [-0.15, -0.1) is 11.3 Å². The van der Waals surface area contributed by atoms with Crippen LogP contribution < -0.4 is 0 Å². The van der Waals surface area contributed by atoms with Crippen molar-refractivity contribution in [2.45, 2.75) is 22.2 Å². The van der Waals surface area contributed by atoms with Crippen molar-refractivity contribution in [3.05, 3.63) is 21.9 Å². The summed E-state index contributed by atoms with van der Waals surface area (Å²) in [6.45, 7) is 0. The fourth-order valence-corrected chi connectivity index (χ4v) is 3.25. The van der Waals surface area contributed by atoms with Gasteiger partial charge in [0, 0.05) is 4.88 Å². The molecule has 1 nitrogen and oxygen atoms in total. The highest BCUT2D eigenvalue weighted by atomic mass is 79.9. The molecule has 1 aliphatic rings. The second-order valence-electron chi connectivity index (χ2n) is 2.96. The molecule has 1 atom stereocenters. The van der Waals surface area contributed by atoms with Crippen LogP contribution in [0, 0.1) is 0 Å². The molecule has 0 spiro atoms. The predicted octanol–water partition coefficient (Wildman–Crippen LogP) is 3.21. The summed E-state index contributed by atoms with van der Waals surface area (Å²) in [6, 6.07) is 2.00. The molecule has 12 heavy (non-hydrogen) atoms. The van der Waals surface area contributed by atoms with E-state index in [9.17, 15) is 5.11 Å². The summed E-state index contributed by atoms with van der Waals surface area (Å²) in [4.78, 5) is 1.32. The largest absolute Gasteiger partial charge is 0.386 e. The zero-order valence-corrected chi connectivity index (χ0v) is 10.2. The Morgan fingerprint density at radius 2 is 2.33 bits per heavy atom. The molecule has 66 valence electrons. The standard InChI is InChI=1S/C8H8Br2OS/c9-8(10)3-1-6-5(7(8)11)2-4-12-6/h2,4,7,11H,1,3H2. The lowest BCUT2D eigenvalue weighted by Crippen LogP contribution is -2.27. The SMILES string of the molecule is OC1c2ccsc2CCC1(Br)Br. The molecule has 0 fully saturated rings. The molecule has 0 aromatic carbocycles. The van der Waals surface area contributed by atoms with Crippen molar-refractivity contribution >= 4 is 43.2 Å². The Kier molecular flexibility index (Phi) is 2.36.